The Morgan fingerprint density at radius 2 is 1.87 bits per heavy atom. The molecule has 0 aromatic carbocycles. The molecule has 30 heavy (non-hydrogen) atoms. The predicted octanol–water partition coefficient (Wildman–Crippen LogP) is 2.04. The van der Waals surface area contributed by atoms with E-state index in [2.05, 4.69) is 9.97 Å². The third-order valence-electron chi connectivity index (χ3n) is 5.34. The number of nitrogens with zero attached hydrogens (tertiary/aromatic N) is 5. The van der Waals surface area contributed by atoms with Crippen molar-refractivity contribution in [1.29, 1.82) is 0 Å². The topological polar surface area (TPSA) is 71.3 Å². The molecule has 0 spiro atoms. The van der Waals surface area contributed by atoms with Gasteiger partial charge in [0.2, 0.25) is 5.91 Å². The van der Waals surface area contributed by atoms with E-state index in [1.807, 2.05) is 4.90 Å². The van der Waals surface area contributed by atoms with Crippen molar-refractivity contribution in [3.8, 4) is 0 Å². The Morgan fingerprint density at radius 3 is 2.50 bits per heavy atom. The van der Waals surface area contributed by atoms with Crippen molar-refractivity contribution in [2.24, 2.45) is 5.92 Å². The number of rotatable bonds is 2. The third-order valence-corrected chi connectivity index (χ3v) is 6.49. The van der Waals surface area contributed by atoms with Crippen LogP contribution in [0.3, 0.4) is 0 Å². The smallest absolute Gasteiger partial charge is 0.353 e. The van der Waals surface area contributed by atoms with Crippen molar-refractivity contribution in [1.82, 2.24) is 19.4 Å². The number of alkyl halides is 3. The molecule has 11 heteroatoms. The quantitative estimate of drug-likeness (QED) is 0.667. The zero-order chi connectivity index (χ0) is 21.5. The van der Waals surface area contributed by atoms with Crippen LogP contribution in [-0.4, -0.2) is 57.3 Å². The number of anilines is 1. The molecule has 2 aromatic rings. The fourth-order valence-electron chi connectivity index (χ4n) is 3.61. The molecule has 0 radical (unpaired) electrons. The highest BCUT2D eigenvalue weighted by molar-refractivity contribution is 7.99. The average molecular weight is 439 g/mol. The van der Waals surface area contributed by atoms with E-state index in [0.717, 1.165) is 12.3 Å². The van der Waals surface area contributed by atoms with Crippen molar-refractivity contribution in [3.63, 3.8) is 0 Å². The van der Waals surface area contributed by atoms with Crippen molar-refractivity contribution >= 4 is 23.5 Å². The van der Waals surface area contributed by atoms with E-state index in [0.29, 0.717) is 55.0 Å². The van der Waals surface area contributed by atoms with Crippen LogP contribution in [0.15, 0.2) is 34.5 Å². The molecule has 2 aliphatic heterocycles. The van der Waals surface area contributed by atoms with Gasteiger partial charge in [0.1, 0.15) is 5.82 Å². The van der Waals surface area contributed by atoms with Gasteiger partial charge in [-0.2, -0.15) is 13.2 Å². The Balaban J connectivity index is 1.38. The highest BCUT2D eigenvalue weighted by Gasteiger charge is 2.33. The monoisotopic (exact) mass is 439 g/mol. The lowest BCUT2D eigenvalue weighted by atomic mass is 10.1. The maximum atomic E-state index is 13.0. The van der Waals surface area contributed by atoms with Gasteiger partial charge in [-0.25, -0.2) is 9.97 Å². The average Bonchev–Trinajstić information content (AvgIpc) is 2.75. The van der Waals surface area contributed by atoms with Crippen molar-refractivity contribution in [2.75, 3.05) is 36.8 Å². The van der Waals surface area contributed by atoms with Gasteiger partial charge in [0.05, 0.1) is 11.5 Å². The summed E-state index contributed by atoms with van der Waals surface area (Å²) < 4.78 is 39.6. The first-order valence-electron chi connectivity index (χ1n) is 9.50. The molecule has 1 saturated heterocycles. The van der Waals surface area contributed by atoms with Crippen LogP contribution in [-0.2, 0) is 17.5 Å². The number of pyridine rings is 1. The summed E-state index contributed by atoms with van der Waals surface area (Å²) in [7, 11) is 0. The van der Waals surface area contributed by atoms with Gasteiger partial charge in [0, 0.05) is 56.4 Å². The molecule has 0 N–H and O–H groups in total. The second-order valence-corrected chi connectivity index (χ2v) is 8.35. The number of halogens is 3. The molecule has 4 heterocycles. The van der Waals surface area contributed by atoms with Gasteiger partial charge < -0.3 is 9.80 Å². The van der Waals surface area contributed by atoms with Gasteiger partial charge in [-0.05, 0) is 19.1 Å². The van der Waals surface area contributed by atoms with Crippen molar-refractivity contribution in [3.05, 3.63) is 46.0 Å². The minimum atomic E-state index is -4.41. The normalized spacial score (nSPS) is 19.5. The Labute approximate surface area is 174 Å². The molecule has 2 aliphatic rings. The molecular formula is C19H20F3N5O2S. The number of aromatic nitrogens is 3. The number of aryl methyl sites for hydroxylation is 1. The van der Waals surface area contributed by atoms with Gasteiger partial charge in [-0.3, -0.25) is 14.2 Å². The van der Waals surface area contributed by atoms with Crippen LogP contribution in [0, 0.1) is 12.8 Å². The highest BCUT2D eigenvalue weighted by Crippen LogP contribution is 2.30. The SMILES string of the molecule is Cc1cnc2n(c1=O)CC(C(=O)N1CCN(c3ccc(C(F)(F)F)cn3)CC1)CS2. The molecule has 1 amide bonds. The number of piperazine rings is 1. The largest absolute Gasteiger partial charge is 0.417 e. The Kier molecular flexibility index (Phi) is 5.48. The lowest BCUT2D eigenvalue weighted by Crippen LogP contribution is -2.52. The molecule has 1 fully saturated rings. The van der Waals surface area contributed by atoms with Crippen molar-refractivity contribution in [2.45, 2.75) is 24.8 Å². The number of hydrogen-bond donors (Lipinski definition) is 0. The van der Waals surface area contributed by atoms with Crippen LogP contribution >= 0.6 is 11.8 Å². The summed E-state index contributed by atoms with van der Waals surface area (Å²) in [6.45, 7) is 3.90. The molecule has 0 saturated carbocycles. The first-order valence-corrected chi connectivity index (χ1v) is 10.5. The number of amides is 1. The molecule has 7 nitrogen and oxygen atoms in total. The Morgan fingerprint density at radius 1 is 1.13 bits per heavy atom. The fraction of sp³-hybridized carbons (Fsp3) is 0.474. The summed E-state index contributed by atoms with van der Waals surface area (Å²) in [5.74, 6) is 0.709. The number of carbonyl (C=O) groups excluding carboxylic acids is 1. The van der Waals surface area contributed by atoms with Gasteiger partial charge in [-0.1, -0.05) is 11.8 Å². The van der Waals surface area contributed by atoms with Gasteiger partial charge in [0.15, 0.2) is 5.16 Å². The lowest BCUT2D eigenvalue weighted by Gasteiger charge is -2.37. The van der Waals surface area contributed by atoms with Gasteiger partial charge in [0.25, 0.3) is 5.56 Å². The molecule has 1 atom stereocenters. The minimum absolute atomic E-state index is 0.0124. The van der Waals surface area contributed by atoms with Gasteiger partial charge >= 0.3 is 6.18 Å². The number of carbonyl (C=O) groups is 1. The van der Waals surface area contributed by atoms with Crippen LogP contribution in [0.25, 0.3) is 0 Å². The van der Waals surface area contributed by atoms with Crippen LogP contribution in [0.2, 0.25) is 0 Å². The molecule has 4 rings (SSSR count). The summed E-state index contributed by atoms with van der Waals surface area (Å²) in [5.41, 5.74) is -0.358. The van der Waals surface area contributed by atoms with E-state index >= 15 is 0 Å². The Bertz CT molecular complexity index is 1000. The molecule has 2 aromatic heterocycles. The van der Waals surface area contributed by atoms with Crippen molar-refractivity contribution < 1.29 is 18.0 Å². The lowest BCUT2D eigenvalue weighted by molar-refractivity contribution is -0.138. The summed E-state index contributed by atoms with van der Waals surface area (Å²) in [6, 6.07) is 2.38. The van der Waals surface area contributed by atoms with E-state index in [-0.39, 0.29) is 17.4 Å². The van der Waals surface area contributed by atoms with E-state index in [4.69, 9.17) is 0 Å². The number of thioether (sulfide) groups is 1. The number of fused-ring (bicyclic) bond motifs is 1. The summed E-state index contributed by atoms with van der Waals surface area (Å²) in [4.78, 5) is 37.1. The summed E-state index contributed by atoms with van der Waals surface area (Å²) in [5, 5.41) is 0.632. The van der Waals surface area contributed by atoms with Gasteiger partial charge in [-0.15, -0.1) is 0 Å². The first kappa shape index (κ1) is 20.7. The third kappa shape index (κ3) is 4.03. The van der Waals surface area contributed by atoms with E-state index in [1.54, 1.807) is 22.6 Å². The van der Waals surface area contributed by atoms with E-state index in [1.165, 1.54) is 17.8 Å². The number of hydrogen-bond acceptors (Lipinski definition) is 6. The van der Waals surface area contributed by atoms with Crippen LogP contribution < -0.4 is 10.5 Å². The first-order chi connectivity index (χ1) is 14.2. The van der Waals surface area contributed by atoms with E-state index in [9.17, 15) is 22.8 Å². The van der Waals surface area contributed by atoms with Crippen LogP contribution in [0.5, 0.6) is 0 Å². The standard InChI is InChI=1S/C19H20F3N5O2S/c1-12-8-24-18-27(16(12)28)10-13(11-30-18)17(29)26-6-4-25(5-7-26)15-3-2-14(9-23-15)19(20,21)22/h2-3,8-9,13H,4-7,10-11H2,1H3. The maximum Gasteiger partial charge on any atom is 0.417 e. The van der Waals surface area contributed by atoms with Crippen LogP contribution in [0.4, 0.5) is 19.0 Å². The predicted molar refractivity (Wildman–Crippen MR) is 105 cm³/mol. The minimum Gasteiger partial charge on any atom is -0.353 e. The zero-order valence-electron chi connectivity index (χ0n) is 16.2. The molecule has 0 bridgehead atoms. The zero-order valence-corrected chi connectivity index (χ0v) is 17.0. The molecule has 1 unspecified atom stereocenters. The molecule has 0 aliphatic carbocycles. The highest BCUT2D eigenvalue weighted by atomic mass is 32.2. The molecular weight excluding hydrogens is 419 g/mol. The summed E-state index contributed by atoms with van der Waals surface area (Å²) >= 11 is 1.40. The fourth-order valence-corrected chi connectivity index (χ4v) is 4.64. The second-order valence-electron chi connectivity index (χ2n) is 7.36. The summed E-state index contributed by atoms with van der Waals surface area (Å²) in [6.07, 6.45) is -2.03. The Hall–Kier alpha value is -2.56. The van der Waals surface area contributed by atoms with Crippen LogP contribution in [0.1, 0.15) is 11.1 Å². The van der Waals surface area contributed by atoms with E-state index < -0.39 is 11.7 Å². The maximum absolute atomic E-state index is 13.0. The second kappa shape index (κ2) is 7.93. The molecule has 160 valence electrons.